The van der Waals surface area contributed by atoms with Gasteiger partial charge in [0.05, 0.1) is 5.52 Å². The van der Waals surface area contributed by atoms with Crippen LogP contribution in [-0.2, 0) is 4.79 Å². The quantitative estimate of drug-likeness (QED) is 0.685. The first kappa shape index (κ1) is 18.0. The third kappa shape index (κ3) is 5.09. The summed E-state index contributed by atoms with van der Waals surface area (Å²) < 4.78 is 44.8. The van der Waals surface area contributed by atoms with E-state index in [0.29, 0.717) is 17.0 Å². The molecule has 0 saturated carbocycles. The van der Waals surface area contributed by atoms with Crippen LogP contribution in [0.4, 0.5) is 29.1 Å². The van der Waals surface area contributed by atoms with Crippen LogP contribution >= 0.6 is 0 Å². The Morgan fingerprint density at radius 2 is 1.80 bits per heavy atom. The fourth-order valence-electron chi connectivity index (χ4n) is 1.69. The molecule has 0 bridgehead atoms. The second-order valence-corrected chi connectivity index (χ2v) is 4.53. The van der Waals surface area contributed by atoms with Gasteiger partial charge in [0.1, 0.15) is 17.7 Å². The van der Waals surface area contributed by atoms with E-state index in [-0.39, 0.29) is 5.82 Å². The van der Waals surface area contributed by atoms with E-state index in [1.165, 1.54) is 18.5 Å². The summed E-state index contributed by atoms with van der Waals surface area (Å²) in [5.41, 5.74) is 2.02. The van der Waals surface area contributed by atoms with Gasteiger partial charge in [-0.25, -0.2) is 19.2 Å². The van der Waals surface area contributed by atoms with E-state index in [9.17, 15) is 17.6 Å². The van der Waals surface area contributed by atoms with E-state index in [2.05, 4.69) is 20.3 Å². The smallest absolute Gasteiger partial charge is 0.475 e. The van der Waals surface area contributed by atoms with Gasteiger partial charge in [-0.1, -0.05) is 6.07 Å². The SMILES string of the molecule is Fc1cccc(Nc2ncnc3cccnc23)c1.O=C(O)C(F)(F)F. The molecule has 3 aromatic rings. The van der Waals surface area contributed by atoms with Crippen LogP contribution in [0, 0.1) is 5.82 Å². The molecule has 0 fully saturated rings. The average molecular weight is 354 g/mol. The van der Waals surface area contributed by atoms with E-state index in [0.717, 1.165) is 5.52 Å². The summed E-state index contributed by atoms with van der Waals surface area (Å²) in [5.74, 6) is -2.50. The number of carbonyl (C=O) groups is 1. The number of carboxylic acid groups (broad SMARTS) is 1. The molecular formula is C15H10F4N4O2. The Morgan fingerprint density at radius 3 is 2.44 bits per heavy atom. The lowest BCUT2D eigenvalue weighted by molar-refractivity contribution is -0.192. The maximum absolute atomic E-state index is 13.1. The van der Waals surface area contributed by atoms with Gasteiger partial charge in [0.2, 0.25) is 0 Å². The number of pyridine rings is 1. The number of aromatic nitrogens is 3. The summed E-state index contributed by atoms with van der Waals surface area (Å²) in [6, 6.07) is 9.84. The third-order valence-electron chi connectivity index (χ3n) is 2.72. The van der Waals surface area contributed by atoms with Gasteiger partial charge in [0.15, 0.2) is 5.82 Å². The fourth-order valence-corrected chi connectivity index (χ4v) is 1.69. The van der Waals surface area contributed by atoms with E-state index >= 15 is 0 Å². The summed E-state index contributed by atoms with van der Waals surface area (Å²) in [6.45, 7) is 0. The molecule has 0 atom stereocenters. The van der Waals surface area contributed by atoms with Gasteiger partial charge in [-0.2, -0.15) is 13.2 Å². The zero-order chi connectivity index (χ0) is 18.4. The molecule has 0 unspecified atom stereocenters. The molecule has 10 heteroatoms. The van der Waals surface area contributed by atoms with Crippen LogP contribution < -0.4 is 5.32 Å². The number of nitrogens with zero attached hydrogens (tertiary/aromatic N) is 3. The Balaban J connectivity index is 0.000000277. The van der Waals surface area contributed by atoms with Crippen molar-refractivity contribution in [2.24, 2.45) is 0 Å². The molecule has 1 aromatic carbocycles. The highest BCUT2D eigenvalue weighted by Crippen LogP contribution is 2.20. The van der Waals surface area contributed by atoms with E-state index in [1.807, 2.05) is 6.07 Å². The van der Waals surface area contributed by atoms with Crippen molar-refractivity contribution in [3.8, 4) is 0 Å². The lowest BCUT2D eigenvalue weighted by atomic mass is 10.3. The maximum atomic E-state index is 13.1. The summed E-state index contributed by atoms with van der Waals surface area (Å²) in [5, 5.41) is 10.2. The highest BCUT2D eigenvalue weighted by Gasteiger charge is 2.38. The number of carboxylic acids is 1. The molecule has 0 spiro atoms. The molecule has 0 aliphatic carbocycles. The molecule has 0 amide bonds. The van der Waals surface area contributed by atoms with Crippen molar-refractivity contribution in [3.05, 3.63) is 54.7 Å². The minimum absolute atomic E-state index is 0.300. The van der Waals surface area contributed by atoms with Crippen LogP contribution in [0.3, 0.4) is 0 Å². The zero-order valence-corrected chi connectivity index (χ0v) is 12.3. The number of anilines is 2. The van der Waals surface area contributed by atoms with Gasteiger partial charge in [0, 0.05) is 11.9 Å². The number of halogens is 4. The summed E-state index contributed by atoms with van der Waals surface area (Å²) in [4.78, 5) is 21.4. The summed E-state index contributed by atoms with van der Waals surface area (Å²) >= 11 is 0. The van der Waals surface area contributed by atoms with Crippen LogP contribution in [-0.4, -0.2) is 32.2 Å². The molecule has 2 heterocycles. The predicted molar refractivity (Wildman–Crippen MR) is 80.7 cm³/mol. The van der Waals surface area contributed by atoms with Crippen LogP contribution in [0.15, 0.2) is 48.9 Å². The molecular weight excluding hydrogens is 344 g/mol. The molecule has 130 valence electrons. The normalized spacial score (nSPS) is 10.7. The largest absolute Gasteiger partial charge is 0.490 e. The first-order valence-electron chi connectivity index (χ1n) is 6.66. The molecule has 0 saturated heterocycles. The first-order valence-corrected chi connectivity index (χ1v) is 6.66. The lowest BCUT2D eigenvalue weighted by Crippen LogP contribution is -2.21. The highest BCUT2D eigenvalue weighted by molar-refractivity contribution is 5.86. The number of fused-ring (bicyclic) bond motifs is 1. The standard InChI is InChI=1S/C13H9FN4.C2HF3O2/c14-9-3-1-4-10(7-9)18-13-12-11(16-8-17-13)5-2-6-15-12;3-2(4,5)1(6)7/h1-8H,(H,16,17,18);(H,6,7). The third-order valence-corrected chi connectivity index (χ3v) is 2.72. The Kier molecular flexibility index (Phi) is 5.42. The Labute approximate surface area is 138 Å². The Bertz CT molecular complexity index is 881. The minimum atomic E-state index is -5.08. The van der Waals surface area contributed by atoms with E-state index in [4.69, 9.17) is 9.90 Å². The van der Waals surface area contributed by atoms with Crippen molar-refractivity contribution >= 4 is 28.5 Å². The number of rotatable bonds is 2. The van der Waals surface area contributed by atoms with Crippen molar-refractivity contribution in [2.75, 3.05) is 5.32 Å². The summed E-state index contributed by atoms with van der Waals surface area (Å²) in [7, 11) is 0. The van der Waals surface area contributed by atoms with Gasteiger partial charge in [-0.05, 0) is 30.3 Å². The van der Waals surface area contributed by atoms with E-state index in [1.54, 1.807) is 24.4 Å². The molecule has 3 rings (SSSR count). The Morgan fingerprint density at radius 1 is 1.08 bits per heavy atom. The van der Waals surface area contributed by atoms with Crippen LogP contribution in [0.1, 0.15) is 0 Å². The van der Waals surface area contributed by atoms with Gasteiger partial charge < -0.3 is 10.4 Å². The number of hydrogen-bond donors (Lipinski definition) is 2. The molecule has 6 nitrogen and oxygen atoms in total. The monoisotopic (exact) mass is 354 g/mol. The lowest BCUT2D eigenvalue weighted by Gasteiger charge is -2.07. The summed E-state index contributed by atoms with van der Waals surface area (Å²) in [6.07, 6.45) is -1.96. The number of benzene rings is 1. The minimum Gasteiger partial charge on any atom is -0.475 e. The molecule has 0 radical (unpaired) electrons. The van der Waals surface area contributed by atoms with Crippen molar-refractivity contribution in [2.45, 2.75) is 6.18 Å². The second-order valence-electron chi connectivity index (χ2n) is 4.53. The maximum Gasteiger partial charge on any atom is 0.490 e. The Hall–Kier alpha value is -3.30. The molecule has 25 heavy (non-hydrogen) atoms. The van der Waals surface area contributed by atoms with Crippen LogP contribution in [0.25, 0.3) is 11.0 Å². The van der Waals surface area contributed by atoms with Crippen LogP contribution in [0.5, 0.6) is 0 Å². The molecule has 0 aliphatic rings. The van der Waals surface area contributed by atoms with Crippen molar-refractivity contribution in [3.63, 3.8) is 0 Å². The second kappa shape index (κ2) is 7.51. The van der Waals surface area contributed by atoms with Gasteiger partial charge in [0.25, 0.3) is 0 Å². The average Bonchev–Trinajstić information content (AvgIpc) is 2.55. The number of aliphatic carboxylic acids is 1. The molecule has 0 aliphatic heterocycles. The molecule has 2 aromatic heterocycles. The van der Waals surface area contributed by atoms with Crippen molar-refractivity contribution in [1.82, 2.24) is 15.0 Å². The predicted octanol–water partition coefficient (Wildman–Crippen LogP) is 3.54. The topological polar surface area (TPSA) is 88.0 Å². The number of alkyl halides is 3. The van der Waals surface area contributed by atoms with Crippen molar-refractivity contribution in [1.29, 1.82) is 0 Å². The zero-order valence-electron chi connectivity index (χ0n) is 12.3. The van der Waals surface area contributed by atoms with Gasteiger partial charge >= 0.3 is 12.1 Å². The van der Waals surface area contributed by atoms with Gasteiger partial charge in [-0.3, -0.25) is 4.98 Å². The number of hydrogen-bond acceptors (Lipinski definition) is 5. The van der Waals surface area contributed by atoms with Gasteiger partial charge in [-0.15, -0.1) is 0 Å². The van der Waals surface area contributed by atoms with E-state index < -0.39 is 12.1 Å². The van der Waals surface area contributed by atoms with Crippen molar-refractivity contribution < 1.29 is 27.5 Å². The number of nitrogens with one attached hydrogen (secondary N) is 1. The highest BCUT2D eigenvalue weighted by atomic mass is 19.4. The first-order chi connectivity index (χ1) is 11.8. The molecule has 2 N–H and O–H groups in total. The fraction of sp³-hybridized carbons (Fsp3) is 0.0667. The van der Waals surface area contributed by atoms with Crippen LogP contribution in [0.2, 0.25) is 0 Å².